The van der Waals surface area contributed by atoms with Crippen molar-refractivity contribution in [1.82, 2.24) is 25.9 Å². The number of nitrogens with one attached hydrogen (secondary N) is 5. The molecule has 0 saturated carbocycles. The number of halogens is 1. The van der Waals surface area contributed by atoms with Crippen LogP contribution in [0.15, 0.2) is 109 Å². The molecule has 0 fully saturated rings. The lowest BCUT2D eigenvalue weighted by Crippen LogP contribution is -2.53. The lowest BCUT2D eigenvalue weighted by atomic mass is 10.0. The minimum Gasteiger partial charge on any atom is -0.480 e. The van der Waals surface area contributed by atoms with Crippen LogP contribution in [0.1, 0.15) is 167 Å². The van der Waals surface area contributed by atoms with E-state index >= 15 is 0 Å². The van der Waals surface area contributed by atoms with Crippen LogP contribution in [0.25, 0.3) is 21.8 Å². The summed E-state index contributed by atoms with van der Waals surface area (Å²) in [6, 6.07) is 21.8. The van der Waals surface area contributed by atoms with Gasteiger partial charge in [-0.2, -0.15) is 0 Å². The molecule has 25 nitrogen and oxygen atoms in total. The number of rotatable bonds is 37. The highest BCUT2D eigenvalue weighted by Gasteiger charge is 2.30. The van der Waals surface area contributed by atoms with Gasteiger partial charge in [-0.15, -0.1) is 24.0 Å². The Morgan fingerprint density at radius 3 is 1.30 bits per heavy atom. The van der Waals surface area contributed by atoms with Crippen LogP contribution in [0, 0.1) is 20.2 Å². The number of aromatic nitrogens is 2. The molecule has 2 aromatic heterocycles. The Morgan fingerprint density at radius 2 is 0.902 bits per heavy atom. The molecule has 5 amide bonds. The highest BCUT2D eigenvalue weighted by Crippen LogP contribution is 2.22. The average molecular weight is 1390 g/mol. The molecule has 0 aliphatic carbocycles. The molecule has 4 aromatic carbocycles. The average Bonchev–Trinajstić information content (AvgIpc) is 1.79. The summed E-state index contributed by atoms with van der Waals surface area (Å²) in [4.78, 5) is 123. The van der Waals surface area contributed by atoms with Crippen molar-refractivity contribution in [3.63, 3.8) is 0 Å². The number of carboxylic acids is 1. The molecule has 26 heteroatoms. The quantitative estimate of drug-likeness (QED) is 0.00575. The van der Waals surface area contributed by atoms with Gasteiger partial charge < -0.3 is 57.7 Å². The predicted octanol–water partition coefficient (Wildman–Crippen LogP) is 10.5. The van der Waals surface area contributed by atoms with Crippen LogP contribution in [-0.2, 0) is 73.9 Å². The van der Waals surface area contributed by atoms with E-state index in [9.17, 15) is 63.7 Å². The summed E-state index contributed by atoms with van der Waals surface area (Å²) < 4.78 is 10.1. The van der Waals surface area contributed by atoms with Crippen molar-refractivity contribution in [2.75, 3.05) is 0 Å². The Kier molecular flexibility index (Phi) is 39.4. The standard InChI is InChI=1S/C32H41N5O7.C21H30N2O3.C11H13N3O5.2CH4.HI/c1-2-3-4-5-6-7-8-13-30(39)35-27(18-23-20-34-26-12-10-9-11-25(23)26)31(40)36-28(19-29(33)38)32(41)44-21-22-14-16-24(17-15-22)37(42)43;1-2-3-4-5-6-7-8-13-20(24)23-19(21(25)26)14-16-15-22-18-12-10-9-11-17(16)18;12-9(5-10(13)15)11(16)19-6-7-1-3-8(4-2-7)14(17)18;;;/h9-12,14-17,20,27-28,34H,2-8,13,18-19,21H2,1H3,(H2,33,38)(H,35,39)(H,36,40);9-12,15,19,22H,2-8,13-14H2,1H3,(H,23,24)(H,25,26);1-4,9H,5-6,12H2,(H2,13,15);2*1H4;1H/t27-,28+;19-;9-;;;/m001.../s1. The molecule has 0 saturated heterocycles. The number of non-ortho nitro benzene ring substituents is 2. The predicted molar refractivity (Wildman–Crippen MR) is 363 cm³/mol. The Labute approximate surface area is 554 Å². The van der Waals surface area contributed by atoms with Crippen LogP contribution in [0.3, 0.4) is 0 Å². The number of nitro benzene ring substituents is 2. The van der Waals surface area contributed by atoms with Gasteiger partial charge in [-0.05, 0) is 71.5 Å². The maximum atomic E-state index is 13.5. The molecule has 6 rings (SSSR count). The topological polar surface area (TPSA) is 407 Å². The number of carbonyl (C=O) groups excluding carboxylic acids is 7. The first-order valence-electron chi connectivity index (χ1n) is 30.0. The number of unbranched alkanes of at least 4 members (excludes halogenated alkanes) is 12. The van der Waals surface area contributed by atoms with E-state index in [0.717, 1.165) is 71.5 Å². The van der Waals surface area contributed by atoms with Crippen LogP contribution in [0.2, 0.25) is 0 Å². The number of nitrogens with two attached hydrogens (primary N) is 3. The van der Waals surface area contributed by atoms with E-state index in [-0.39, 0.29) is 101 Å². The number of nitro groups is 2. The van der Waals surface area contributed by atoms with E-state index in [4.69, 9.17) is 26.7 Å². The summed E-state index contributed by atoms with van der Waals surface area (Å²) in [6.07, 6.45) is 19.1. The van der Waals surface area contributed by atoms with Crippen molar-refractivity contribution in [1.29, 1.82) is 0 Å². The van der Waals surface area contributed by atoms with Crippen LogP contribution in [0.5, 0.6) is 0 Å². The normalized spacial score (nSPS) is 11.7. The molecule has 0 aliphatic heterocycles. The van der Waals surface area contributed by atoms with E-state index in [1.54, 1.807) is 6.20 Å². The van der Waals surface area contributed by atoms with E-state index in [1.165, 1.54) is 93.5 Å². The first kappa shape index (κ1) is 81.2. The zero-order valence-electron chi connectivity index (χ0n) is 51.0. The zero-order chi connectivity index (χ0) is 65.1. The number of aliphatic carboxylic acids is 1. The van der Waals surface area contributed by atoms with Gasteiger partial charge in [0, 0.05) is 84.1 Å². The van der Waals surface area contributed by atoms with Crippen LogP contribution in [-0.4, -0.2) is 96.5 Å². The van der Waals surface area contributed by atoms with Gasteiger partial charge in [0.2, 0.25) is 29.5 Å². The minimum atomic E-state index is -1.40. The molecule has 4 atom stereocenters. The first-order chi connectivity index (χ1) is 42.7. The van der Waals surface area contributed by atoms with E-state index in [0.29, 0.717) is 24.0 Å². The number of carboxylic acid groups (broad SMARTS) is 1. The maximum absolute atomic E-state index is 13.5. The van der Waals surface area contributed by atoms with Crippen LogP contribution >= 0.6 is 24.0 Å². The fraction of sp³-hybridized carbons (Fsp3) is 0.455. The summed E-state index contributed by atoms with van der Waals surface area (Å²) in [7, 11) is 0. The second kappa shape index (κ2) is 44.6. The number of amides is 5. The molecule has 0 spiro atoms. The number of benzene rings is 4. The zero-order valence-corrected chi connectivity index (χ0v) is 53.3. The fourth-order valence-corrected chi connectivity index (χ4v) is 9.38. The smallest absolute Gasteiger partial charge is 0.329 e. The largest absolute Gasteiger partial charge is 0.480 e. The third-order valence-electron chi connectivity index (χ3n) is 14.3. The van der Waals surface area contributed by atoms with Crippen molar-refractivity contribution < 1.29 is 62.8 Å². The monoisotopic (exact) mass is 1390 g/mol. The molecule has 0 radical (unpaired) electrons. The number of aromatic amines is 2. The number of ether oxygens (including phenoxy) is 2. The second-order valence-corrected chi connectivity index (χ2v) is 21.5. The molecular formula is C66H93IN10O15. The third kappa shape index (κ3) is 30.3. The first-order valence-corrected chi connectivity index (χ1v) is 30.0. The Bertz CT molecular complexity index is 3260. The number of primary amides is 2. The lowest BCUT2D eigenvalue weighted by molar-refractivity contribution is -0.385. The Balaban J connectivity index is 0.000000749. The second-order valence-electron chi connectivity index (χ2n) is 21.5. The van der Waals surface area contributed by atoms with Crippen molar-refractivity contribution >= 4 is 105 Å². The van der Waals surface area contributed by atoms with Gasteiger partial charge >= 0.3 is 17.9 Å². The van der Waals surface area contributed by atoms with Gasteiger partial charge in [0.15, 0.2) is 0 Å². The van der Waals surface area contributed by atoms with Crippen LogP contribution in [0.4, 0.5) is 11.4 Å². The highest BCUT2D eigenvalue weighted by atomic mass is 127. The van der Waals surface area contributed by atoms with E-state index in [2.05, 4.69) is 39.8 Å². The molecule has 0 bridgehead atoms. The number of hydrogen-bond acceptors (Lipinski definition) is 15. The summed E-state index contributed by atoms with van der Waals surface area (Å²) in [5.74, 6) is -5.31. The van der Waals surface area contributed by atoms with Crippen molar-refractivity contribution in [2.24, 2.45) is 17.2 Å². The summed E-state index contributed by atoms with van der Waals surface area (Å²) >= 11 is 0. The molecule has 12 N–H and O–H groups in total. The Hall–Kier alpha value is -8.79. The van der Waals surface area contributed by atoms with Gasteiger partial charge in [-0.1, -0.05) is 142 Å². The number of para-hydroxylation sites is 2. The number of hydrogen-bond donors (Lipinski definition) is 9. The van der Waals surface area contributed by atoms with Gasteiger partial charge in [-0.25, -0.2) is 9.59 Å². The van der Waals surface area contributed by atoms with Gasteiger partial charge in [0.25, 0.3) is 11.4 Å². The van der Waals surface area contributed by atoms with Crippen molar-refractivity contribution in [3.8, 4) is 0 Å². The van der Waals surface area contributed by atoms with Gasteiger partial charge in [-0.3, -0.25) is 49.0 Å². The summed E-state index contributed by atoms with van der Waals surface area (Å²) in [6.45, 7) is 4.03. The molecule has 2 heterocycles. The Morgan fingerprint density at radius 1 is 0.522 bits per heavy atom. The fourth-order valence-electron chi connectivity index (χ4n) is 9.38. The van der Waals surface area contributed by atoms with E-state index < -0.39 is 76.1 Å². The number of H-pyrrole nitrogens is 2. The third-order valence-corrected chi connectivity index (χ3v) is 14.3. The SMILES string of the molecule is C.C.CCCCCCCCCC(=O)N[C@@H](Cc1c[nH]c2ccccc12)C(=O)N[C@H](CC(N)=O)C(=O)OCc1ccc([N+](=O)[O-])cc1.CCCCCCCCCC(=O)N[C@@H](Cc1c[nH]c2ccccc12)C(=O)O.I.NC(=O)C[C@@H](N)C(=O)OCc1ccc([N+](=O)[O-])cc1. The van der Waals surface area contributed by atoms with Crippen molar-refractivity contribution in [2.45, 2.75) is 194 Å². The molecule has 504 valence electrons. The lowest BCUT2D eigenvalue weighted by Gasteiger charge is -2.22. The molecule has 0 aliphatic rings. The highest BCUT2D eigenvalue weighted by molar-refractivity contribution is 14.0. The number of esters is 2. The summed E-state index contributed by atoms with van der Waals surface area (Å²) in [5, 5.41) is 40.7. The number of carbonyl (C=O) groups is 8. The number of nitrogens with zero attached hydrogens (tertiary/aromatic N) is 2. The van der Waals surface area contributed by atoms with E-state index in [1.807, 2.05) is 54.7 Å². The molecule has 92 heavy (non-hydrogen) atoms. The van der Waals surface area contributed by atoms with Crippen molar-refractivity contribution in [3.05, 3.63) is 152 Å². The molecule has 0 unspecified atom stereocenters. The van der Waals surface area contributed by atoms with Gasteiger partial charge in [0.05, 0.1) is 22.7 Å². The maximum Gasteiger partial charge on any atom is 0.329 e. The molecular weight excluding hydrogens is 1300 g/mol. The minimum absolute atomic E-state index is 0. The van der Waals surface area contributed by atoms with Crippen LogP contribution < -0.4 is 33.2 Å². The van der Waals surface area contributed by atoms with Gasteiger partial charge in [0.1, 0.15) is 37.4 Å². The summed E-state index contributed by atoms with van der Waals surface area (Å²) in [5.41, 5.74) is 20.1. The number of fused-ring (bicyclic) bond motifs is 2. The molecule has 6 aromatic rings.